The second-order valence-electron chi connectivity index (χ2n) is 2.30. The van der Waals surface area contributed by atoms with Crippen molar-refractivity contribution in [1.29, 1.82) is 0 Å². The Morgan fingerprint density at radius 3 is 3.09 bits per heavy atom. The van der Waals surface area contributed by atoms with Gasteiger partial charge in [0.1, 0.15) is 5.82 Å². The number of nitrogens with zero attached hydrogens (tertiary/aromatic N) is 3. The molecule has 0 spiro atoms. The average Bonchev–Trinajstić information content (AvgIpc) is 2.30. The summed E-state index contributed by atoms with van der Waals surface area (Å²) in [7, 11) is 0. The van der Waals surface area contributed by atoms with Gasteiger partial charge in [0.2, 0.25) is 0 Å². The fourth-order valence-electron chi connectivity index (χ4n) is 1.02. The van der Waals surface area contributed by atoms with Gasteiger partial charge in [0.25, 0.3) is 0 Å². The average molecular weight is 259 g/mol. The summed E-state index contributed by atoms with van der Waals surface area (Å²) < 4.78 is 2.00. The van der Waals surface area contributed by atoms with Crippen LogP contribution in [0.1, 0.15) is 5.82 Å². The fraction of sp³-hybridized carbons (Fsp3) is 0.143. The molecule has 0 aromatic carbocycles. The standard InChI is InChI=1S/C7H6IN3/c1-5-10-6-2-3-9-4-7(6)11(5)8/h2-4H,1H3. The van der Waals surface area contributed by atoms with Gasteiger partial charge in [-0.2, -0.15) is 0 Å². The minimum Gasteiger partial charge on any atom is -0.267 e. The van der Waals surface area contributed by atoms with Crippen molar-refractivity contribution in [2.75, 3.05) is 0 Å². The Hall–Kier alpha value is -0.650. The number of rotatable bonds is 0. The molecule has 0 bridgehead atoms. The third-order valence-electron chi connectivity index (χ3n) is 1.56. The van der Waals surface area contributed by atoms with E-state index in [1.54, 1.807) is 6.20 Å². The molecule has 11 heavy (non-hydrogen) atoms. The molecule has 0 radical (unpaired) electrons. The van der Waals surface area contributed by atoms with E-state index in [4.69, 9.17) is 0 Å². The molecule has 0 aliphatic carbocycles. The maximum Gasteiger partial charge on any atom is 0.115 e. The molecule has 2 aromatic heterocycles. The second-order valence-corrected chi connectivity index (χ2v) is 3.27. The van der Waals surface area contributed by atoms with Gasteiger partial charge in [-0.3, -0.25) is 7.76 Å². The number of aryl methyl sites for hydroxylation is 1. The van der Waals surface area contributed by atoms with Crippen LogP contribution in [0, 0.1) is 6.92 Å². The smallest absolute Gasteiger partial charge is 0.115 e. The normalized spacial score (nSPS) is 10.7. The van der Waals surface area contributed by atoms with Crippen LogP contribution < -0.4 is 0 Å². The van der Waals surface area contributed by atoms with Crippen LogP contribution in [0.5, 0.6) is 0 Å². The zero-order valence-corrected chi connectivity index (χ0v) is 8.11. The first kappa shape index (κ1) is 7.02. The van der Waals surface area contributed by atoms with E-state index < -0.39 is 0 Å². The summed E-state index contributed by atoms with van der Waals surface area (Å²) >= 11 is 2.21. The summed E-state index contributed by atoms with van der Waals surface area (Å²) in [6, 6.07) is 1.91. The lowest BCUT2D eigenvalue weighted by Gasteiger charge is -1.90. The molecular formula is C7H6IN3. The molecule has 0 aliphatic rings. The minimum absolute atomic E-state index is 1.01. The highest BCUT2D eigenvalue weighted by molar-refractivity contribution is 14.1. The molecule has 0 aliphatic heterocycles. The number of hydrogen-bond donors (Lipinski definition) is 0. The van der Waals surface area contributed by atoms with Crippen molar-refractivity contribution in [3.05, 3.63) is 24.3 Å². The van der Waals surface area contributed by atoms with Crippen molar-refractivity contribution in [2.24, 2.45) is 0 Å². The molecule has 4 heteroatoms. The van der Waals surface area contributed by atoms with Gasteiger partial charge in [-0.05, 0) is 13.0 Å². The summed E-state index contributed by atoms with van der Waals surface area (Å²) in [4.78, 5) is 8.35. The number of hydrogen-bond acceptors (Lipinski definition) is 2. The van der Waals surface area contributed by atoms with Gasteiger partial charge in [0, 0.05) is 6.20 Å². The Morgan fingerprint density at radius 1 is 1.55 bits per heavy atom. The SMILES string of the molecule is Cc1nc2ccncc2n1I. The van der Waals surface area contributed by atoms with Crippen molar-refractivity contribution in [3.8, 4) is 0 Å². The largest absolute Gasteiger partial charge is 0.267 e. The van der Waals surface area contributed by atoms with Crippen LogP contribution in [0.3, 0.4) is 0 Å². The molecule has 0 atom stereocenters. The highest BCUT2D eigenvalue weighted by Crippen LogP contribution is 2.16. The first-order chi connectivity index (χ1) is 5.29. The fourth-order valence-corrected chi connectivity index (χ4v) is 1.50. The Kier molecular flexibility index (Phi) is 1.56. The van der Waals surface area contributed by atoms with Crippen molar-refractivity contribution in [3.63, 3.8) is 0 Å². The summed E-state index contributed by atoms with van der Waals surface area (Å²) in [5, 5.41) is 0. The van der Waals surface area contributed by atoms with E-state index in [0.717, 1.165) is 16.9 Å². The van der Waals surface area contributed by atoms with Gasteiger partial charge in [0.15, 0.2) is 0 Å². The number of halogens is 1. The van der Waals surface area contributed by atoms with Crippen LogP contribution in [0.15, 0.2) is 18.5 Å². The van der Waals surface area contributed by atoms with Gasteiger partial charge in [0.05, 0.1) is 40.1 Å². The third kappa shape index (κ3) is 1.01. The summed E-state index contributed by atoms with van der Waals surface area (Å²) in [5.74, 6) is 1.01. The lowest BCUT2D eigenvalue weighted by Crippen LogP contribution is -1.81. The molecule has 56 valence electrons. The summed E-state index contributed by atoms with van der Waals surface area (Å²) in [6.07, 6.45) is 3.58. The van der Waals surface area contributed by atoms with Gasteiger partial charge >= 0.3 is 0 Å². The van der Waals surface area contributed by atoms with Gasteiger partial charge in [-0.1, -0.05) is 0 Å². The number of fused-ring (bicyclic) bond motifs is 1. The maximum atomic E-state index is 4.33. The second kappa shape index (κ2) is 2.44. The molecule has 0 saturated heterocycles. The first-order valence-corrected chi connectivity index (χ1v) is 4.21. The van der Waals surface area contributed by atoms with Crippen LogP contribution in [-0.2, 0) is 0 Å². The summed E-state index contributed by atoms with van der Waals surface area (Å²) in [5.41, 5.74) is 2.08. The quantitative estimate of drug-likeness (QED) is 0.677. The molecule has 0 N–H and O–H groups in total. The highest BCUT2D eigenvalue weighted by Gasteiger charge is 2.02. The zero-order chi connectivity index (χ0) is 7.84. The zero-order valence-electron chi connectivity index (χ0n) is 5.95. The lowest BCUT2D eigenvalue weighted by atomic mass is 10.4. The van der Waals surface area contributed by atoms with E-state index in [9.17, 15) is 0 Å². The lowest BCUT2D eigenvalue weighted by molar-refractivity contribution is 1.15. The van der Waals surface area contributed by atoms with Crippen LogP contribution in [0.4, 0.5) is 0 Å². The van der Waals surface area contributed by atoms with E-state index in [2.05, 4.69) is 32.8 Å². The van der Waals surface area contributed by atoms with E-state index in [0.29, 0.717) is 0 Å². The number of pyridine rings is 1. The predicted octanol–water partition coefficient (Wildman–Crippen LogP) is 1.94. The predicted molar refractivity (Wildman–Crippen MR) is 51.7 cm³/mol. The third-order valence-corrected chi connectivity index (χ3v) is 2.77. The Bertz CT molecular complexity index is 393. The van der Waals surface area contributed by atoms with Crippen LogP contribution in [0.25, 0.3) is 11.0 Å². The van der Waals surface area contributed by atoms with Crippen LogP contribution in [0.2, 0.25) is 0 Å². The molecule has 0 saturated carbocycles. The molecule has 0 fully saturated rings. The molecule has 3 nitrogen and oxygen atoms in total. The first-order valence-electron chi connectivity index (χ1n) is 3.24. The topological polar surface area (TPSA) is 30.7 Å². The minimum atomic E-state index is 1.01. The molecule has 2 rings (SSSR count). The summed E-state index contributed by atoms with van der Waals surface area (Å²) in [6.45, 7) is 1.98. The maximum absolute atomic E-state index is 4.33. The Morgan fingerprint density at radius 2 is 2.36 bits per heavy atom. The van der Waals surface area contributed by atoms with Gasteiger partial charge in [-0.15, -0.1) is 0 Å². The monoisotopic (exact) mass is 259 g/mol. The number of aromatic nitrogens is 3. The van der Waals surface area contributed by atoms with Crippen molar-refractivity contribution >= 4 is 33.9 Å². The van der Waals surface area contributed by atoms with Gasteiger partial charge < -0.3 is 0 Å². The van der Waals surface area contributed by atoms with Crippen molar-refractivity contribution in [2.45, 2.75) is 6.92 Å². The Balaban J connectivity index is 2.92. The van der Waals surface area contributed by atoms with E-state index in [1.807, 2.05) is 22.0 Å². The highest BCUT2D eigenvalue weighted by atomic mass is 127. The van der Waals surface area contributed by atoms with Crippen molar-refractivity contribution < 1.29 is 0 Å². The van der Waals surface area contributed by atoms with Crippen LogP contribution in [-0.4, -0.2) is 12.7 Å². The van der Waals surface area contributed by atoms with E-state index >= 15 is 0 Å². The van der Waals surface area contributed by atoms with E-state index in [-0.39, 0.29) is 0 Å². The molecular weight excluding hydrogens is 253 g/mol. The molecule has 2 aromatic rings. The van der Waals surface area contributed by atoms with Crippen LogP contribution >= 0.6 is 22.9 Å². The van der Waals surface area contributed by atoms with Gasteiger partial charge in [-0.25, -0.2) is 4.98 Å². The molecule has 0 amide bonds. The van der Waals surface area contributed by atoms with E-state index in [1.165, 1.54) is 0 Å². The Labute approximate surface area is 78.0 Å². The molecule has 2 heterocycles. The molecule has 0 unspecified atom stereocenters. The van der Waals surface area contributed by atoms with Crippen molar-refractivity contribution in [1.82, 2.24) is 12.7 Å². The number of imidazole rings is 1.